The summed E-state index contributed by atoms with van der Waals surface area (Å²) in [4.78, 5) is 0. The Balaban J connectivity index is 2.10. The van der Waals surface area contributed by atoms with Gasteiger partial charge in [-0.2, -0.15) is 0 Å². The van der Waals surface area contributed by atoms with Crippen LogP contribution in [-0.2, 0) is 0 Å². The first-order chi connectivity index (χ1) is 8.25. The Labute approximate surface area is 106 Å². The second-order valence-corrected chi connectivity index (χ2v) is 4.73. The van der Waals surface area contributed by atoms with Crippen molar-refractivity contribution in [3.8, 4) is 0 Å². The SMILES string of the molecule is Cc1ccc(Cl)cc1C1NNc2ccccc21. The summed E-state index contributed by atoms with van der Waals surface area (Å²) in [5.74, 6) is 0. The maximum atomic E-state index is 6.07. The molecule has 3 heteroatoms. The molecular weight excluding hydrogens is 232 g/mol. The zero-order chi connectivity index (χ0) is 11.8. The summed E-state index contributed by atoms with van der Waals surface area (Å²) < 4.78 is 0. The van der Waals surface area contributed by atoms with Gasteiger partial charge in [0, 0.05) is 5.02 Å². The fraction of sp³-hybridized carbons (Fsp3) is 0.143. The van der Waals surface area contributed by atoms with E-state index >= 15 is 0 Å². The maximum absolute atomic E-state index is 6.07. The molecule has 0 saturated heterocycles. The normalized spacial score (nSPS) is 17.6. The highest BCUT2D eigenvalue weighted by Crippen LogP contribution is 2.34. The maximum Gasteiger partial charge on any atom is 0.0783 e. The van der Waals surface area contributed by atoms with E-state index < -0.39 is 0 Å². The molecule has 0 aliphatic carbocycles. The van der Waals surface area contributed by atoms with Crippen molar-refractivity contribution in [3.05, 3.63) is 64.2 Å². The summed E-state index contributed by atoms with van der Waals surface area (Å²) in [5, 5.41) is 0.775. The predicted molar refractivity (Wildman–Crippen MR) is 71.2 cm³/mol. The first-order valence-corrected chi connectivity index (χ1v) is 6.00. The molecule has 3 rings (SSSR count). The van der Waals surface area contributed by atoms with Gasteiger partial charge in [0.15, 0.2) is 0 Å². The van der Waals surface area contributed by atoms with Crippen molar-refractivity contribution in [3.63, 3.8) is 0 Å². The first kappa shape index (κ1) is 10.6. The molecule has 1 aliphatic rings. The fourth-order valence-electron chi connectivity index (χ4n) is 2.26. The predicted octanol–water partition coefficient (Wildman–Crippen LogP) is 3.67. The number of nitrogens with one attached hydrogen (secondary N) is 2. The number of benzene rings is 2. The summed E-state index contributed by atoms with van der Waals surface area (Å²) in [6, 6.07) is 14.5. The number of hydrazine groups is 1. The van der Waals surface area contributed by atoms with E-state index in [2.05, 4.69) is 42.0 Å². The van der Waals surface area contributed by atoms with Gasteiger partial charge in [-0.25, -0.2) is 5.43 Å². The van der Waals surface area contributed by atoms with E-state index in [9.17, 15) is 0 Å². The molecule has 0 saturated carbocycles. The van der Waals surface area contributed by atoms with Gasteiger partial charge >= 0.3 is 0 Å². The summed E-state index contributed by atoms with van der Waals surface area (Å²) in [6.45, 7) is 2.11. The number of aryl methyl sites for hydroxylation is 1. The van der Waals surface area contributed by atoms with Crippen molar-refractivity contribution >= 4 is 17.3 Å². The number of hydrogen-bond donors (Lipinski definition) is 2. The number of para-hydroxylation sites is 1. The number of anilines is 1. The average Bonchev–Trinajstić information content (AvgIpc) is 2.76. The Morgan fingerprint density at radius 2 is 1.88 bits per heavy atom. The second-order valence-electron chi connectivity index (χ2n) is 4.29. The zero-order valence-corrected chi connectivity index (χ0v) is 10.3. The Morgan fingerprint density at radius 1 is 1.06 bits per heavy atom. The molecule has 1 heterocycles. The molecule has 1 unspecified atom stereocenters. The standard InChI is InChI=1S/C14H13ClN2/c1-9-6-7-10(15)8-12(9)14-11-4-2-3-5-13(11)16-17-14/h2-8,14,16-17H,1H3. The van der Waals surface area contributed by atoms with Crippen molar-refractivity contribution < 1.29 is 0 Å². The lowest BCUT2D eigenvalue weighted by Gasteiger charge is -2.14. The van der Waals surface area contributed by atoms with E-state index in [1.807, 2.05) is 18.2 Å². The topological polar surface area (TPSA) is 24.1 Å². The number of rotatable bonds is 1. The lowest BCUT2D eigenvalue weighted by atomic mass is 9.96. The molecule has 1 aliphatic heterocycles. The smallest absolute Gasteiger partial charge is 0.0783 e. The monoisotopic (exact) mass is 244 g/mol. The van der Waals surface area contributed by atoms with Gasteiger partial charge in [-0.1, -0.05) is 35.9 Å². The molecular formula is C14H13ClN2. The van der Waals surface area contributed by atoms with Crippen molar-refractivity contribution in [1.82, 2.24) is 5.43 Å². The highest BCUT2D eigenvalue weighted by molar-refractivity contribution is 6.30. The minimum absolute atomic E-state index is 0.171. The van der Waals surface area contributed by atoms with E-state index in [1.165, 1.54) is 16.7 Å². The van der Waals surface area contributed by atoms with Crippen LogP contribution in [0.3, 0.4) is 0 Å². The number of halogens is 1. The quantitative estimate of drug-likeness (QED) is 0.800. The van der Waals surface area contributed by atoms with Crippen LogP contribution in [-0.4, -0.2) is 0 Å². The molecule has 0 fully saturated rings. The van der Waals surface area contributed by atoms with Gasteiger partial charge in [0.1, 0.15) is 0 Å². The zero-order valence-electron chi connectivity index (χ0n) is 9.50. The molecule has 0 aromatic heterocycles. The molecule has 2 nitrogen and oxygen atoms in total. The van der Waals surface area contributed by atoms with Gasteiger partial charge in [-0.05, 0) is 41.8 Å². The van der Waals surface area contributed by atoms with Crippen LogP contribution in [0, 0.1) is 6.92 Å². The molecule has 1 atom stereocenters. The van der Waals surface area contributed by atoms with Crippen molar-refractivity contribution in [1.29, 1.82) is 0 Å². The highest BCUT2D eigenvalue weighted by Gasteiger charge is 2.23. The van der Waals surface area contributed by atoms with Gasteiger partial charge in [-0.15, -0.1) is 0 Å². The molecule has 0 spiro atoms. The van der Waals surface area contributed by atoms with E-state index in [4.69, 9.17) is 11.6 Å². The summed E-state index contributed by atoms with van der Waals surface area (Å²) in [6.07, 6.45) is 0. The Morgan fingerprint density at radius 3 is 2.76 bits per heavy atom. The van der Waals surface area contributed by atoms with Crippen LogP contribution >= 0.6 is 11.6 Å². The van der Waals surface area contributed by atoms with Crippen LogP contribution in [0.5, 0.6) is 0 Å². The largest absolute Gasteiger partial charge is 0.320 e. The Bertz CT molecular complexity index is 566. The molecule has 0 radical (unpaired) electrons. The van der Waals surface area contributed by atoms with Crippen LogP contribution < -0.4 is 10.9 Å². The third kappa shape index (κ3) is 1.79. The van der Waals surface area contributed by atoms with Crippen molar-refractivity contribution in [2.75, 3.05) is 5.43 Å². The Kier molecular flexibility index (Phi) is 2.54. The van der Waals surface area contributed by atoms with E-state index in [1.54, 1.807) is 0 Å². The fourth-order valence-corrected chi connectivity index (χ4v) is 2.44. The van der Waals surface area contributed by atoms with Gasteiger partial charge in [-0.3, -0.25) is 0 Å². The summed E-state index contributed by atoms with van der Waals surface area (Å²) in [5.41, 5.74) is 11.4. The third-order valence-corrected chi connectivity index (χ3v) is 3.41. The second kappa shape index (κ2) is 4.06. The van der Waals surface area contributed by atoms with Gasteiger partial charge < -0.3 is 5.43 Å². The van der Waals surface area contributed by atoms with Crippen molar-refractivity contribution in [2.45, 2.75) is 13.0 Å². The molecule has 17 heavy (non-hydrogen) atoms. The first-order valence-electron chi connectivity index (χ1n) is 5.62. The third-order valence-electron chi connectivity index (χ3n) is 3.18. The van der Waals surface area contributed by atoms with Crippen molar-refractivity contribution in [2.24, 2.45) is 0 Å². The average molecular weight is 245 g/mol. The molecule has 0 amide bonds. The molecule has 86 valence electrons. The molecule has 2 N–H and O–H groups in total. The van der Waals surface area contributed by atoms with Gasteiger partial charge in [0.2, 0.25) is 0 Å². The van der Waals surface area contributed by atoms with E-state index in [0.29, 0.717) is 0 Å². The van der Waals surface area contributed by atoms with Gasteiger partial charge in [0.05, 0.1) is 11.7 Å². The van der Waals surface area contributed by atoms with Crippen LogP contribution in [0.25, 0.3) is 0 Å². The minimum Gasteiger partial charge on any atom is -0.320 e. The molecule has 0 bridgehead atoms. The summed E-state index contributed by atoms with van der Waals surface area (Å²) >= 11 is 6.07. The van der Waals surface area contributed by atoms with Gasteiger partial charge in [0.25, 0.3) is 0 Å². The van der Waals surface area contributed by atoms with Crippen LogP contribution in [0.2, 0.25) is 5.02 Å². The van der Waals surface area contributed by atoms with E-state index in [-0.39, 0.29) is 6.04 Å². The Hall–Kier alpha value is -1.51. The number of fused-ring (bicyclic) bond motifs is 1. The highest BCUT2D eigenvalue weighted by atomic mass is 35.5. The summed E-state index contributed by atoms with van der Waals surface area (Å²) in [7, 11) is 0. The van der Waals surface area contributed by atoms with Crippen LogP contribution in [0.1, 0.15) is 22.7 Å². The number of hydrogen-bond acceptors (Lipinski definition) is 2. The molecule has 2 aromatic rings. The van der Waals surface area contributed by atoms with Crippen LogP contribution in [0.4, 0.5) is 5.69 Å². The molecule has 2 aromatic carbocycles. The lowest BCUT2D eigenvalue weighted by Crippen LogP contribution is -2.20. The lowest BCUT2D eigenvalue weighted by molar-refractivity contribution is 0.724. The van der Waals surface area contributed by atoms with E-state index in [0.717, 1.165) is 10.7 Å². The van der Waals surface area contributed by atoms with Crippen LogP contribution in [0.15, 0.2) is 42.5 Å². The minimum atomic E-state index is 0.171.